The summed E-state index contributed by atoms with van der Waals surface area (Å²) in [7, 11) is 0. The Labute approximate surface area is 111 Å². The Morgan fingerprint density at radius 1 is 0.684 bits per heavy atom. The number of rotatable bonds is 2. The summed E-state index contributed by atoms with van der Waals surface area (Å²) >= 11 is 0. The van der Waals surface area contributed by atoms with Gasteiger partial charge in [0.05, 0.1) is 5.56 Å². The zero-order chi connectivity index (χ0) is 13.1. The van der Waals surface area contributed by atoms with Gasteiger partial charge in [-0.25, -0.2) is 4.79 Å². The predicted octanol–water partition coefficient (Wildman–Crippen LogP) is 3.97. The maximum Gasteiger partial charge on any atom is 0.343 e. The lowest BCUT2D eigenvalue weighted by Crippen LogP contribution is -2.02. The van der Waals surface area contributed by atoms with Gasteiger partial charge in [0.15, 0.2) is 0 Å². The van der Waals surface area contributed by atoms with Crippen LogP contribution in [-0.4, -0.2) is 0 Å². The second kappa shape index (κ2) is 4.94. The van der Waals surface area contributed by atoms with Crippen molar-refractivity contribution in [3.8, 4) is 22.3 Å². The van der Waals surface area contributed by atoms with Crippen molar-refractivity contribution >= 4 is 0 Å². The van der Waals surface area contributed by atoms with Gasteiger partial charge in [-0.05, 0) is 17.2 Å². The number of benzene rings is 2. The molecule has 3 rings (SSSR count). The predicted molar refractivity (Wildman–Crippen MR) is 75.9 cm³/mol. The van der Waals surface area contributed by atoms with Crippen LogP contribution in [0.3, 0.4) is 0 Å². The third-order valence-corrected chi connectivity index (χ3v) is 3.00. The minimum atomic E-state index is -0.314. The standard InChI is InChI=1S/C17H12O2/c18-17-16(14-9-5-2-6-10-14)11-15(12-19-17)13-7-3-1-4-8-13/h1-12H. The SMILES string of the molecule is O=c1occ(-c2ccccc2)cc1-c1ccccc1. The molecule has 0 aliphatic carbocycles. The lowest BCUT2D eigenvalue weighted by molar-refractivity contribution is 0.515. The highest BCUT2D eigenvalue weighted by atomic mass is 16.4. The largest absolute Gasteiger partial charge is 0.430 e. The van der Waals surface area contributed by atoms with Gasteiger partial charge in [-0.3, -0.25) is 0 Å². The molecule has 19 heavy (non-hydrogen) atoms. The van der Waals surface area contributed by atoms with Gasteiger partial charge in [-0.2, -0.15) is 0 Å². The van der Waals surface area contributed by atoms with Gasteiger partial charge in [-0.1, -0.05) is 60.7 Å². The van der Waals surface area contributed by atoms with E-state index in [0.717, 1.165) is 16.7 Å². The Balaban J connectivity index is 2.15. The van der Waals surface area contributed by atoms with Gasteiger partial charge in [0.25, 0.3) is 0 Å². The van der Waals surface area contributed by atoms with Crippen LogP contribution < -0.4 is 5.63 Å². The second-order valence-electron chi connectivity index (χ2n) is 4.27. The van der Waals surface area contributed by atoms with Crippen molar-refractivity contribution in [3.05, 3.63) is 83.4 Å². The highest BCUT2D eigenvalue weighted by Gasteiger charge is 2.07. The molecular weight excluding hydrogens is 236 g/mol. The monoisotopic (exact) mass is 248 g/mol. The van der Waals surface area contributed by atoms with Crippen molar-refractivity contribution in [3.63, 3.8) is 0 Å². The highest BCUT2D eigenvalue weighted by molar-refractivity contribution is 5.70. The molecule has 1 heterocycles. The second-order valence-corrected chi connectivity index (χ2v) is 4.27. The van der Waals surface area contributed by atoms with Gasteiger partial charge in [0.2, 0.25) is 0 Å². The van der Waals surface area contributed by atoms with Crippen LogP contribution in [0.2, 0.25) is 0 Å². The molecule has 0 saturated carbocycles. The van der Waals surface area contributed by atoms with Crippen molar-refractivity contribution in [2.75, 3.05) is 0 Å². The van der Waals surface area contributed by atoms with Gasteiger partial charge in [0, 0.05) is 5.56 Å². The molecule has 2 nitrogen and oxygen atoms in total. The van der Waals surface area contributed by atoms with Crippen molar-refractivity contribution in [1.29, 1.82) is 0 Å². The van der Waals surface area contributed by atoms with E-state index in [-0.39, 0.29) is 5.63 Å². The molecule has 2 aromatic carbocycles. The summed E-state index contributed by atoms with van der Waals surface area (Å²) in [6.07, 6.45) is 1.50. The lowest BCUT2D eigenvalue weighted by Gasteiger charge is -2.04. The van der Waals surface area contributed by atoms with Gasteiger partial charge in [-0.15, -0.1) is 0 Å². The van der Waals surface area contributed by atoms with Crippen molar-refractivity contribution in [2.24, 2.45) is 0 Å². The molecule has 0 aliphatic rings. The Morgan fingerprint density at radius 3 is 1.89 bits per heavy atom. The van der Waals surface area contributed by atoms with Crippen molar-refractivity contribution in [2.45, 2.75) is 0 Å². The van der Waals surface area contributed by atoms with Crippen LogP contribution in [0.4, 0.5) is 0 Å². The Bertz CT molecular complexity index is 728. The lowest BCUT2D eigenvalue weighted by atomic mass is 10.0. The fourth-order valence-electron chi connectivity index (χ4n) is 2.03. The highest BCUT2D eigenvalue weighted by Crippen LogP contribution is 2.23. The Kier molecular flexibility index (Phi) is 2.99. The van der Waals surface area contributed by atoms with Crippen LogP contribution in [0.15, 0.2) is 82.2 Å². The molecule has 3 aromatic rings. The minimum Gasteiger partial charge on any atom is -0.430 e. The normalized spacial score (nSPS) is 10.3. The third kappa shape index (κ3) is 2.33. The number of hydrogen-bond donors (Lipinski definition) is 0. The van der Waals surface area contributed by atoms with E-state index in [0.29, 0.717) is 5.56 Å². The van der Waals surface area contributed by atoms with E-state index in [1.807, 2.05) is 66.7 Å². The maximum absolute atomic E-state index is 11.8. The molecule has 0 saturated heterocycles. The molecule has 1 aromatic heterocycles. The fourth-order valence-corrected chi connectivity index (χ4v) is 2.03. The zero-order valence-electron chi connectivity index (χ0n) is 10.2. The van der Waals surface area contributed by atoms with Crippen LogP contribution in [0.1, 0.15) is 0 Å². The van der Waals surface area contributed by atoms with E-state index in [1.165, 1.54) is 6.26 Å². The van der Waals surface area contributed by atoms with E-state index in [2.05, 4.69) is 0 Å². The molecule has 0 aliphatic heterocycles. The summed E-state index contributed by atoms with van der Waals surface area (Å²) in [4.78, 5) is 11.8. The maximum atomic E-state index is 11.8. The van der Waals surface area contributed by atoms with E-state index < -0.39 is 0 Å². The van der Waals surface area contributed by atoms with Crippen molar-refractivity contribution in [1.82, 2.24) is 0 Å². The average molecular weight is 248 g/mol. The summed E-state index contributed by atoms with van der Waals surface area (Å²) in [5.74, 6) is 0. The molecule has 0 atom stereocenters. The molecule has 0 unspecified atom stereocenters. The van der Waals surface area contributed by atoms with Crippen molar-refractivity contribution < 1.29 is 4.42 Å². The van der Waals surface area contributed by atoms with E-state index in [9.17, 15) is 4.79 Å². The quantitative estimate of drug-likeness (QED) is 0.686. The Hall–Kier alpha value is -2.61. The van der Waals surface area contributed by atoms with Crippen LogP contribution in [0, 0.1) is 0 Å². The Morgan fingerprint density at radius 2 is 1.26 bits per heavy atom. The first-order valence-corrected chi connectivity index (χ1v) is 6.08. The summed E-state index contributed by atoms with van der Waals surface area (Å²) in [5, 5.41) is 0. The molecular formula is C17H12O2. The van der Waals surface area contributed by atoms with E-state index >= 15 is 0 Å². The summed E-state index contributed by atoms with van der Waals surface area (Å²) in [6, 6.07) is 21.3. The molecule has 0 fully saturated rings. The van der Waals surface area contributed by atoms with Crippen LogP contribution in [0.5, 0.6) is 0 Å². The number of hydrogen-bond acceptors (Lipinski definition) is 2. The zero-order valence-corrected chi connectivity index (χ0v) is 10.2. The summed E-state index contributed by atoms with van der Waals surface area (Å²) in [6.45, 7) is 0. The minimum absolute atomic E-state index is 0.314. The van der Waals surface area contributed by atoms with E-state index in [4.69, 9.17) is 4.42 Å². The molecule has 0 N–H and O–H groups in total. The van der Waals surface area contributed by atoms with Crippen LogP contribution in [-0.2, 0) is 0 Å². The molecule has 0 bridgehead atoms. The summed E-state index contributed by atoms with van der Waals surface area (Å²) in [5.41, 5.74) is 3.07. The average Bonchev–Trinajstić information content (AvgIpc) is 2.49. The van der Waals surface area contributed by atoms with Crippen LogP contribution >= 0.6 is 0 Å². The topological polar surface area (TPSA) is 30.2 Å². The first-order chi connectivity index (χ1) is 9.34. The first-order valence-electron chi connectivity index (χ1n) is 6.08. The third-order valence-electron chi connectivity index (χ3n) is 3.00. The molecule has 0 radical (unpaired) electrons. The molecule has 0 amide bonds. The molecule has 2 heteroatoms. The summed E-state index contributed by atoms with van der Waals surface area (Å²) < 4.78 is 5.14. The van der Waals surface area contributed by atoms with Gasteiger partial charge >= 0.3 is 5.63 Å². The fraction of sp³-hybridized carbons (Fsp3) is 0. The van der Waals surface area contributed by atoms with E-state index in [1.54, 1.807) is 0 Å². The molecule has 0 spiro atoms. The van der Waals surface area contributed by atoms with Gasteiger partial charge in [0.1, 0.15) is 6.26 Å². The molecule has 92 valence electrons. The first kappa shape index (κ1) is 11.5. The van der Waals surface area contributed by atoms with Gasteiger partial charge < -0.3 is 4.42 Å². The van der Waals surface area contributed by atoms with Crippen LogP contribution in [0.25, 0.3) is 22.3 Å². The smallest absolute Gasteiger partial charge is 0.343 e.